The van der Waals surface area contributed by atoms with Gasteiger partial charge in [-0.2, -0.15) is 0 Å². The van der Waals surface area contributed by atoms with Gasteiger partial charge in [-0.1, -0.05) is 6.07 Å². The topological polar surface area (TPSA) is 68.8 Å². The molecular weight excluding hydrogens is 284 g/mol. The lowest BCUT2D eigenvalue weighted by Crippen LogP contribution is -2.52. The summed E-state index contributed by atoms with van der Waals surface area (Å²) < 4.78 is 16.6. The van der Waals surface area contributed by atoms with Gasteiger partial charge in [0.2, 0.25) is 0 Å². The Balaban J connectivity index is 1.74. The van der Waals surface area contributed by atoms with Crippen molar-refractivity contribution in [2.24, 2.45) is 0 Å². The Morgan fingerprint density at radius 1 is 1.36 bits per heavy atom. The minimum absolute atomic E-state index is 0.266. The summed E-state index contributed by atoms with van der Waals surface area (Å²) in [6.07, 6.45) is -0.473. The van der Waals surface area contributed by atoms with Crippen LogP contribution in [0.25, 0.3) is 0 Å². The summed E-state index contributed by atoms with van der Waals surface area (Å²) in [4.78, 5) is 11.8. The van der Waals surface area contributed by atoms with E-state index in [9.17, 15) is 4.79 Å². The number of fused-ring (bicyclic) bond motifs is 2. The van der Waals surface area contributed by atoms with Crippen molar-refractivity contribution in [3.8, 4) is 5.75 Å². The van der Waals surface area contributed by atoms with Gasteiger partial charge in [-0.15, -0.1) is 0 Å². The first-order valence-corrected chi connectivity index (χ1v) is 7.48. The molecule has 0 aromatic heterocycles. The molecule has 2 heterocycles. The van der Waals surface area contributed by atoms with Crippen molar-refractivity contribution >= 4 is 11.8 Å². The molecule has 6 heteroatoms. The first-order chi connectivity index (χ1) is 10.4. The number of hydrogen-bond acceptors (Lipinski definition) is 5. The van der Waals surface area contributed by atoms with Gasteiger partial charge in [-0.3, -0.25) is 5.32 Å². The van der Waals surface area contributed by atoms with E-state index in [2.05, 4.69) is 10.6 Å². The third-order valence-corrected chi connectivity index (χ3v) is 3.67. The summed E-state index contributed by atoms with van der Waals surface area (Å²) in [5.41, 5.74) is 0.937. The molecule has 1 atom stereocenters. The van der Waals surface area contributed by atoms with E-state index >= 15 is 0 Å². The number of nitrogens with one attached hydrogen (secondary N) is 2. The minimum atomic E-state index is -0.523. The van der Waals surface area contributed by atoms with Gasteiger partial charge in [-0.05, 0) is 26.8 Å². The smallest absolute Gasteiger partial charge is 0.412 e. The predicted molar refractivity (Wildman–Crippen MR) is 82.3 cm³/mol. The monoisotopic (exact) mass is 306 g/mol. The molecule has 22 heavy (non-hydrogen) atoms. The Kier molecular flexibility index (Phi) is 3.74. The number of benzene rings is 1. The number of amides is 1. The first kappa shape index (κ1) is 15.1. The second kappa shape index (κ2) is 5.44. The Morgan fingerprint density at radius 2 is 2.18 bits per heavy atom. The maximum atomic E-state index is 11.8. The molecular formula is C16H22N2O4. The van der Waals surface area contributed by atoms with Crippen LogP contribution in [0.2, 0.25) is 0 Å². The molecule has 6 nitrogen and oxygen atoms in total. The van der Waals surface area contributed by atoms with Crippen LogP contribution in [0.5, 0.6) is 5.75 Å². The first-order valence-electron chi connectivity index (χ1n) is 7.48. The molecule has 0 bridgehead atoms. The van der Waals surface area contributed by atoms with E-state index in [1.165, 1.54) is 0 Å². The molecule has 2 N–H and O–H groups in total. The van der Waals surface area contributed by atoms with E-state index in [0.717, 1.165) is 24.5 Å². The van der Waals surface area contributed by atoms with Gasteiger partial charge < -0.3 is 19.5 Å². The Bertz CT molecular complexity index is 574. The maximum Gasteiger partial charge on any atom is 0.412 e. The largest absolute Gasteiger partial charge is 0.491 e. The molecule has 1 spiro atoms. The summed E-state index contributed by atoms with van der Waals surface area (Å²) >= 11 is 0. The third kappa shape index (κ3) is 3.03. The molecule has 1 amide bonds. The summed E-state index contributed by atoms with van der Waals surface area (Å²) in [7, 11) is 0. The summed E-state index contributed by atoms with van der Waals surface area (Å²) in [6.45, 7) is 8.15. The van der Waals surface area contributed by atoms with Gasteiger partial charge in [0.1, 0.15) is 23.5 Å². The van der Waals surface area contributed by atoms with E-state index in [0.29, 0.717) is 18.9 Å². The van der Waals surface area contributed by atoms with Crippen LogP contribution >= 0.6 is 0 Å². The average molecular weight is 306 g/mol. The number of anilines is 1. The number of ether oxygens (including phenoxy) is 3. The fraction of sp³-hybridized carbons (Fsp3) is 0.562. The number of carbonyl (C=O) groups is 1. The van der Waals surface area contributed by atoms with Crippen LogP contribution in [0.15, 0.2) is 18.2 Å². The second-order valence-corrected chi connectivity index (χ2v) is 6.69. The standard InChI is InChI=1S/C16H22N2O4/c1-15(2,3)22-14(19)18-11-4-5-12-13(8-11)21-10-16(12)9-20-7-6-17-16/h4-5,8,17H,6-7,9-10H2,1-3H3,(H,18,19)/t16-/m1/s1. The Hall–Kier alpha value is -1.79. The van der Waals surface area contributed by atoms with Gasteiger partial charge in [0.15, 0.2) is 0 Å². The molecule has 0 unspecified atom stereocenters. The molecule has 1 aromatic rings. The van der Waals surface area contributed by atoms with Crippen molar-refractivity contribution < 1.29 is 19.0 Å². The highest BCUT2D eigenvalue weighted by Crippen LogP contribution is 2.39. The van der Waals surface area contributed by atoms with Gasteiger partial charge in [0, 0.05) is 23.9 Å². The third-order valence-electron chi connectivity index (χ3n) is 3.67. The highest BCUT2D eigenvalue weighted by molar-refractivity contribution is 5.85. The van der Waals surface area contributed by atoms with Gasteiger partial charge >= 0.3 is 6.09 Å². The second-order valence-electron chi connectivity index (χ2n) is 6.69. The molecule has 1 aromatic carbocycles. The zero-order valence-electron chi connectivity index (χ0n) is 13.2. The zero-order valence-corrected chi connectivity index (χ0v) is 13.2. The lowest BCUT2D eigenvalue weighted by molar-refractivity contribution is 0.0160. The van der Waals surface area contributed by atoms with Crippen LogP contribution in [0, 0.1) is 0 Å². The molecule has 120 valence electrons. The number of carbonyl (C=O) groups excluding carboxylic acids is 1. The number of hydrogen-bond donors (Lipinski definition) is 2. The minimum Gasteiger partial charge on any atom is -0.491 e. The van der Waals surface area contributed by atoms with Crippen molar-refractivity contribution in [3.63, 3.8) is 0 Å². The van der Waals surface area contributed by atoms with E-state index in [4.69, 9.17) is 14.2 Å². The van der Waals surface area contributed by atoms with Crippen molar-refractivity contribution in [1.29, 1.82) is 0 Å². The molecule has 1 fully saturated rings. The highest BCUT2D eigenvalue weighted by Gasteiger charge is 2.42. The molecule has 3 rings (SSSR count). The lowest BCUT2D eigenvalue weighted by atomic mass is 9.92. The fourth-order valence-electron chi connectivity index (χ4n) is 2.74. The molecule has 0 radical (unpaired) electrons. The van der Waals surface area contributed by atoms with Crippen molar-refractivity contribution in [2.45, 2.75) is 31.9 Å². The quantitative estimate of drug-likeness (QED) is 0.833. The van der Waals surface area contributed by atoms with Gasteiger partial charge in [0.25, 0.3) is 0 Å². The maximum absolute atomic E-state index is 11.8. The molecule has 1 saturated heterocycles. The fourth-order valence-corrected chi connectivity index (χ4v) is 2.74. The SMILES string of the molecule is CC(C)(C)OC(=O)Nc1ccc2c(c1)OC[C@]21COCCN1. The molecule has 2 aliphatic rings. The van der Waals surface area contributed by atoms with Crippen LogP contribution in [0.4, 0.5) is 10.5 Å². The zero-order chi connectivity index (χ0) is 15.8. The van der Waals surface area contributed by atoms with Crippen LogP contribution in [-0.4, -0.2) is 38.1 Å². The molecule has 2 aliphatic heterocycles. The summed E-state index contributed by atoms with van der Waals surface area (Å²) in [5.74, 6) is 0.770. The van der Waals surface area contributed by atoms with Crippen molar-refractivity contribution in [3.05, 3.63) is 23.8 Å². The van der Waals surface area contributed by atoms with Crippen LogP contribution in [-0.2, 0) is 15.0 Å². The van der Waals surface area contributed by atoms with E-state index in [1.54, 1.807) is 0 Å². The average Bonchev–Trinajstić information content (AvgIpc) is 2.76. The Labute approximate surface area is 130 Å². The number of morpholine rings is 1. The van der Waals surface area contributed by atoms with Gasteiger partial charge in [0.05, 0.1) is 13.2 Å². The van der Waals surface area contributed by atoms with Crippen LogP contribution in [0.1, 0.15) is 26.3 Å². The van der Waals surface area contributed by atoms with Crippen molar-refractivity contribution in [2.75, 3.05) is 31.7 Å². The van der Waals surface area contributed by atoms with Crippen LogP contribution < -0.4 is 15.4 Å². The predicted octanol–water partition coefficient (Wildman–Crippen LogP) is 2.24. The van der Waals surface area contributed by atoms with Crippen molar-refractivity contribution in [1.82, 2.24) is 5.32 Å². The normalized spacial score (nSPS) is 23.8. The molecule has 0 saturated carbocycles. The highest BCUT2D eigenvalue weighted by atomic mass is 16.6. The van der Waals surface area contributed by atoms with Gasteiger partial charge in [-0.25, -0.2) is 4.79 Å². The van der Waals surface area contributed by atoms with E-state index in [1.807, 2.05) is 39.0 Å². The number of rotatable bonds is 1. The van der Waals surface area contributed by atoms with E-state index in [-0.39, 0.29) is 5.54 Å². The van der Waals surface area contributed by atoms with Crippen LogP contribution in [0.3, 0.4) is 0 Å². The summed E-state index contributed by atoms with van der Waals surface area (Å²) in [6, 6.07) is 5.65. The lowest BCUT2D eigenvalue weighted by Gasteiger charge is -2.33. The Morgan fingerprint density at radius 3 is 2.86 bits per heavy atom. The summed E-state index contributed by atoms with van der Waals surface area (Å²) in [5, 5.41) is 6.21. The van der Waals surface area contributed by atoms with E-state index < -0.39 is 11.7 Å². The molecule has 0 aliphatic carbocycles.